The molecular formula is C4H7NO2. The molecule has 0 atom stereocenters. The first kappa shape index (κ1) is 6.14. The highest BCUT2D eigenvalue weighted by Crippen LogP contribution is 1.72. The summed E-state index contributed by atoms with van der Waals surface area (Å²) >= 11 is 0. The average Bonchev–Trinajstić information content (AvgIpc) is 1.61. The number of carbonyl (C=O) groups excluding carboxylic acids is 1. The smallest absolute Gasteiger partial charge is 0.322 e. The zero-order chi connectivity index (χ0) is 5.70. The van der Waals surface area contributed by atoms with Crippen LogP contribution >= 0.6 is 0 Å². The Labute approximate surface area is 42.0 Å². The van der Waals surface area contributed by atoms with Crippen molar-refractivity contribution < 1.29 is 9.63 Å². The van der Waals surface area contributed by atoms with Crippen molar-refractivity contribution in [2.75, 3.05) is 0 Å². The molecule has 0 aliphatic heterocycles. The van der Waals surface area contributed by atoms with Crippen LogP contribution in [0.2, 0.25) is 0 Å². The molecule has 0 saturated heterocycles. The summed E-state index contributed by atoms with van der Waals surface area (Å²) in [5.41, 5.74) is 0.729. The molecule has 0 aromatic carbocycles. The van der Waals surface area contributed by atoms with Crippen molar-refractivity contribution in [3.63, 3.8) is 0 Å². The molecule has 40 valence electrons. The van der Waals surface area contributed by atoms with Crippen molar-refractivity contribution in [3.8, 4) is 0 Å². The van der Waals surface area contributed by atoms with Gasteiger partial charge in [-0.05, 0) is 13.8 Å². The lowest BCUT2D eigenvalue weighted by molar-refractivity contribution is -0.128. The van der Waals surface area contributed by atoms with Gasteiger partial charge in [-0.2, -0.15) is 0 Å². The lowest BCUT2D eigenvalue weighted by Crippen LogP contribution is -1.82. The van der Waals surface area contributed by atoms with Crippen LogP contribution in [0.3, 0.4) is 0 Å². The van der Waals surface area contributed by atoms with Gasteiger partial charge in [-0.25, -0.2) is 0 Å². The molecule has 0 rings (SSSR count). The lowest BCUT2D eigenvalue weighted by Gasteiger charge is -1.81. The van der Waals surface area contributed by atoms with E-state index in [0.29, 0.717) is 0 Å². The molecule has 0 saturated carbocycles. The van der Waals surface area contributed by atoms with Crippen molar-refractivity contribution >= 4 is 12.2 Å². The van der Waals surface area contributed by atoms with Crippen molar-refractivity contribution in [2.24, 2.45) is 5.16 Å². The zero-order valence-corrected chi connectivity index (χ0v) is 4.34. The van der Waals surface area contributed by atoms with Crippen LogP contribution in [0.1, 0.15) is 13.8 Å². The van der Waals surface area contributed by atoms with E-state index in [1.54, 1.807) is 13.8 Å². The number of hydrogen-bond donors (Lipinski definition) is 0. The largest absolute Gasteiger partial charge is 0.323 e. The summed E-state index contributed by atoms with van der Waals surface area (Å²) in [5, 5.41) is 3.29. The molecular weight excluding hydrogens is 94.0 g/mol. The number of nitrogens with zero attached hydrogens (tertiary/aromatic N) is 1. The third-order valence-electron chi connectivity index (χ3n) is 0.278. The van der Waals surface area contributed by atoms with Crippen LogP contribution in [-0.4, -0.2) is 12.2 Å². The first-order valence-corrected chi connectivity index (χ1v) is 1.88. The Morgan fingerprint density at radius 2 is 2.29 bits per heavy atom. The Morgan fingerprint density at radius 1 is 1.71 bits per heavy atom. The van der Waals surface area contributed by atoms with Gasteiger partial charge in [0.05, 0.1) is 5.71 Å². The van der Waals surface area contributed by atoms with E-state index in [-0.39, 0.29) is 6.47 Å². The first-order chi connectivity index (χ1) is 3.27. The van der Waals surface area contributed by atoms with Gasteiger partial charge in [-0.1, -0.05) is 5.16 Å². The molecule has 0 aliphatic carbocycles. The standard InChI is InChI=1S/C4H7NO2/c1-4(2)5-7-3-6/h3H,1-2H3. The minimum absolute atomic E-state index is 0.285. The van der Waals surface area contributed by atoms with Crippen molar-refractivity contribution in [2.45, 2.75) is 13.8 Å². The third kappa shape index (κ3) is 5.14. The Balaban J connectivity index is 3.25. The molecule has 0 spiro atoms. The van der Waals surface area contributed by atoms with Crippen LogP contribution in [0.4, 0.5) is 0 Å². The van der Waals surface area contributed by atoms with E-state index in [9.17, 15) is 4.79 Å². The van der Waals surface area contributed by atoms with E-state index in [0.717, 1.165) is 5.71 Å². The molecule has 0 heterocycles. The number of carbonyl (C=O) groups is 1. The molecule has 0 radical (unpaired) electrons. The molecule has 0 aromatic rings. The highest BCUT2D eigenvalue weighted by atomic mass is 16.7. The quantitative estimate of drug-likeness (QED) is 0.220. The third-order valence-corrected chi connectivity index (χ3v) is 0.278. The maximum Gasteiger partial charge on any atom is 0.323 e. The predicted octanol–water partition coefficient (Wildman–Crippen LogP) is 0.555. The molecule has 0 N–H and O–H groups in total. The van der Waals surface area contributed by atoms with Crippen molar-refractivity contribution in [1.82, 2.24) is 0 Å². The van der Waals surface area contributed by atoms with Gasteiger partial charge in [0.2, 0.25) is 0 Å². The molecule has 7 heavy (non-hydrogen) atoms. The van der Waals surface area contributed by atoms with Gasteiger partial charge in [0.25, 0.3) is 0 Å². The zero-order valence-electron chi connectivity index (χ0n) is 4.34. The summed E-state index contributed by atoms with van der Waals surface area (Å²) in [6.07, 6.45) is 0. The van der Waals surface area contributed by atoms with Crippen molar-refractivity contribution in [1.29, 1.82) is 0 Å². The molecule has 0 aliphatic rings. The SMILES string of the molecule is CC(C)=NOC=O. The Bertz CT molecular complexity index is 83.7. The van der Waals surface area contributed by atoms with Crippen LogP contribution in [-0.2, 0) is 9.63 Å². The summed E-state index contributed by atoms with van der Waals surface area (Å²) in [4.78, 5) is 13.4. The van der Waals surface area contributed by atoms with Gasteiger partial charge in [0, 0.05) is 0 Å². The van der Waals surface area contributed by atoms with E-state index in [2.05, 4.69) is 9.99 Å². The summed E-state index contributed by atoms with van der Waals surface area (Å²) < 4.78 is 0. The highest BCUT2D eigenvalue weighted by Gasteiger charge is 1.73. The second kappa shape index (κ2) is 3.33. The topological polar surface area (TPSA) is 38.7 Å². The van der Waals surface area contributed by atoms with Gasteiger partial charge in [-0.15, -0.1) is 0 Å². The Morgan fingerprint density at radius 3 is 2.43 bits per heavy atom. The summed E-state index contributed by atoms with van der Waals surface area (Å²) in [5.74, 6) is 0. The highest BCUT2D eigenvalue weighted by molar-refractivity contribution is 5.78. The Hall–Kier alpha value is -0.860. The van der Waals surface area contributed by atoms with Gasteiger partial charge in [-0.3, -0.25) is 4.79 Å². The molecule has 0 aromatic heterocycles. The summed E-state index contributed by atoms with van der Waals surface area (Å²) in [6.45, 7) is 3.76. The number of hydrogen-bond acceptors (Lipinski definition) is 3. The minimum Gasteiger partial charge on any atom is -0.322 e. The molecule has 0 unspecified atom stereocenters. The van der Waals surface area contributed by atoms with Crippen LogP contribution in [0.15, 0.2) is 5.16 Å². The number of rotatable bonds is 2. The van der Waals surface area contributed by atoms with Crippen LogP contribution in [0, 0.1) is 0 Å². The van der Waals surface area contributed by atoms with Crippen molar-refractivity contribution in [3.05, 3.63) is 0 Å². The van der Waals surface area contributed by atoms with Gasteiger partial charge in [0.15, 0.2) is 0 Å². The fourth-order valence-corrected chi connectivity index (χ4v) is 0.127. The van der Waals surface area contributed by atoms with Gasteiger partial charge < -0.3 is 4.84 Å². The van der Waals surface area contributed by atoms with Gasteiger partial charge >= 0.3 is 6.47 Å². The number of oxime groups is 1. The second-order valence-corrected chi connectivity index (χ2v) is 1.24. The second-order valence-electron chi connectivity index (χ2n) is 1.24. The average molecular weight is 101 g/mol. The maximum absolute atomic E-state index is 9.38. The van der Waals surface area contributed by atoms with Crippen LogP contribution in [0.5, 0.6) is 0 Å². The fraction of sp³-hybridized carbons (Fsp3) is 0.500. The molecule has 0 fully saturated rings. The summed E-state index contributed by atoms with van der Waals surface area (Å²) in [6, 6.07) is 0. The molecule has 3 heteroatoms. The van der Waals surface area contributed by atoms with Crippen LogP contribution in [0.25, 0.3) is 0 Å². The minimum atomic E-state index is 0.285. The summed E-state index contributed by atoms with van der Waals surface area (Å²) in [7, 11) is 0. The Kier molecular flexibility index (Phi) is 2.92. The van der Waals surface area contributed by atoms with Gasteiger partial charge in [0.1, 0.15) is 0 Å². The maximum atomic E-state index is 9.38. The lowest BCUT2D eigenvalue weighted by atomic mass is 10.5. The van der Waals surface area contributed by atoms with E-state index in [1.807, 2.05) is 0 Å². The van der Waals surface area contributed by atoms with E-state index in [1.165, 1.54) is 0 Å². The normalized spacial score (nSPS) is 7.14. The monoisotopic (exact) mass is 101 g/mol. The predicted molar refractivity (Wildman–Crippen MR) is 25.9 cm³/mol. The van der Waals surface area contributed by atoms with E-state index < -0.39 is 0 Å². The van der Waals surface area contributed by atoms with E-state index in [4.69, 9.17) is 0 Å². The first-order valence-electron chi connectivity index (χ1n) is 1.88. The molecule has 3 nitrogen and oxygen atoms in total. The molecule has 0 amide bonds. The molecule has 0 bridgehead atoms. The fourth-order valence-electron chi connectivity index (χ4n) is 0.127. The van der Waals surface area contributed by atoms with Crippen LogP contribution < -0.4 is 0 Å². The van der Waals surface area contributed by atoms with E-state index >= 15 is 0 Å².